The molecule has 1 heterocycles. The van der Waals surface area contributed by atoms with Crippen molar-refractivity contribution in [3.8, 4) is 0 Å². The van der Waals surface area contributed by atoms with Gasteiger partial charge >= 0.3 is 0 Å². The van der Waals surface area contributed by atoms with Crippen LogP contribution in [0.25, 0.3) is 0 Å². The van der Waals surface area contributed by atoms with E-state index in [2.05, 4.69) is 10.6 Å². The Kier molecular flexibility index (Phi) is 4.93. The summed E-state index contributed by atoms with van der Waals surface area (Å²) in [6.07, 6.45) is 1.56. The number of carbonyl (C=O) groups excluding carboxylic acids is 1. The molecule has 1 unspecified atom stereocenters. The minimum absolute atomic E-state index is 0.155. The zero-order valence-corrected chi connectivity index (χ0v) is 12.3. The van der Waals surface area contributed by atoms with Gasteiger partial charge in [0.15, 0.2) is 0 Å². The van der Waals surface area contributed by atoms with E-state index in [0.717, 1.165) is 0 Å². The van der Waals surface area contributed by atoms with Crippen molar-refractivity contribution < 1.29 is 9.21 Å². The summed E-state index contributed by atoms with van der Waals surface area (Å²) in [7, 11) is 0. The van der Waals surface area contributed by atoms with Crippen molar-refractivity contribution in [2.45, 2.75) is 19.5 Å². The van der Waals surface area contributed by atoms with Gasteiger partial charge in [0.1, 0.15) is 11.8 Å². The highest BCUT2D eigenvalue weighted by Crippen LogP contribution is 2.29. The van der Waals surface area contributed by atoms with E-state index in [-0.39, 0.29) is 5.91 Å². The molecular formula is C14H14Cl2N2O2. The van der Waals surface area contributed by atoms with Crippen molar-refractivity contribution in [3.63, 3.8) is 0 Å². The molecule has 1 aromatic carbocycles. The van der Waals surface area contributed by atoms with Gasteiger partial charge in [-0.25, -0.2) is 0 Å². The third kappa shape index (κ3) is 3.68. The summed E-state index contributed by atoms with van der Waals surface area (Å²) in [5.74, 6) is 0.545. The molecule has 6 heteroatoms. The second kappa shape index (κ2) is 6.68. The van der Waals surface area contributed by atoms with Crippen molar-refractivity contribution in [3.05, 3.63) is 52.4 Å². The maximum atomic E-state index is 11.9. The molecule has 0 bridgehead atoms. The predicted octanol–water partition coefficient (Wildman–Crippen LogP) is 3.70. The molecule has 0 spiro atoms. The number of benzene rings is 1. The third-order valence-electron chi connectivity index (χ3n) is 2.73. The van der Waals surface area contributed by atoms with Crippen molar-refractivity contribution in [1.82, 2.24) is 5.32 Å². The molecule has 0 aliphatic carbocycles. The average molecular weight is 313 g/mol. The number of hydrogen-bond donors (Lipinski definition) is 2. The van der Waals surface area contributed by atoms with Crippen LogP contribution in [0.1, 0.15) is 12.7 Å². The molecule has 0 radical (unpaired) electrons. The van der Waals surface area contributed by atoms with Gasteiger partial charge < -0.3 is 15.1 Å². The van der Waals surface area contributed by atoms with Crippen molar-refractivity contribution in [1.29, 1.82) is 0 Å². The second-order valence-electron chi connectivity index (χ2n) is 4.26. The lowest BCUT2D eigenvalue weighted by Crippen LogP contribution is -2.37. The zero-order valence-electron chi connectivity index (χ0n) is 10.8. The molecule has 0 fully saturated rings. The van der Waals surface area contributed by atoms with Gasteiger partial charge in [-0.2, -0.15) is 0 Å². The first-order valence-corrected chi connectivity index (χ1v) is 6.84. The van der Waals surface area contributed by atoms with Crippen LogP contribution in [0.5, 0.6) is 0 Å². The lowest BCUT2D eigenvalue weighted by molar-refractivity contribution is -0.121. The molecule has 1 amide bonds. The Morgan fingerprint density at radius 1 is 1.30 bits per heavy atom. The topological polar surface area (TPSA) is 54.3 Å². The molecule has 106 valence electrons. The van der Waals surface area contributed by atoms with Crippen LogP contribution in [0.3, 0.4) is 0 Å². The zero-order chi connectivity index (χ0) is 14.5. The van der Waals surface area contributed by atoms with Crippen molar-refractivity contribution in [2.24, 2.45) is 0 Å². The first kappa shape index (κ1) is 14.8. The van der Waals surface area contributed by atoms with E-state index in [1.165, 1.54) is 0 Å². The van der Waals surface area contributed by atoms with E-state index < -0.39 is 6.04 Å². The van der Waals surface area contributed by atoms with E-state index in [0.29, 0.717) is 28.0 Å². The number of halogens is 2. The first-order valence-electron chi connectivity index (χ1n) is 6.08. The van der Waals surface area contributed by atoms with Gasteiger partial charge in [0, 0.05) is 0 Å². The number of carbonyl (C=O) groups is 1. The highest BCUT2D eigenvalue weighted by atomic mass is 35.5. The number of amides is 1. The molecule has 2 aromatic rings. The van der Waals surface area contributed by atoms with Crippen LogP contribution in [0.2, 0.25) is 10.0 Å². The van der Waals surface area contributed by atoms with Crippen LogP contribution in [-0.2, 0) is 11.3 Å². The molecule has 1 atom stereocenters. The Morgan fingerprint density at radius 3 is 2.80 bits per heavy atom. The maximum Gasteiger partial charge on any atom is 0.242 e. The second-order valence-corrected chi connectivity index (χ2v) is 5.05. The van der Waals surface area contributed by atoms with Gasteiger partial charge in [-0.05, 0) is 31.2 Å². The highest BCUT2D eigenvalue weighted by Gasteiger charge is 2.14. The summed E-state index contributed by atoms with van der Waals surface area (Å²) in [6.45, 7) is 2.09. The summed E-state index contributed by atoms with van der Waals surface area (Å²) in [5.41, 5.74) is 0.625. The monoisotopic (exact) mass is 312 g/mol. The SMILES string of the molecule is CC(Nc1cccc(Cl)c1Cl)C(=O)NCc1ccco1. The van der Waals surface area contributed by atoms with E-state index in [1.807, 2.05) is 0 Å². The van der Waals surface area contributed by atoms with Crippen LogP contribution in [0.15, 0.2) is 41.0 Å². The summed E-state index contributed by atoms with van der Waals surface area (Å²) in [5, 5.41) is 6.64. The molecule has 2 N–H and O–H groups in total. The van der Waals surface area contributed by atoms with Crippen molar-refractivity contribution >= 4 is 34.8 Å². The van der Waals surface area contributed by atoms with Gasteiger partial charge in [0.2, 0.25) is 5.91 Å². The maximum absolute atomic E-state index is 11.9. The Bertz CT molecular complexity index is 585. The third-order valence-corrected chi connectivity index (χ3v) is 3.55. The average Bonchev–Trinajstić information content (AvgIpc) is 2.94. The van der Waals surface area contributed by atoms with E-state index >= 15 is 0 Å². The minimum Gasteiger partial charge on any atom is -0.467 e. The summed E-state index contributed by atoms with van der Waals surface area (Å²) in [4.78, 5) is 11.9. The Labute approximate surface area is 127 Å². The van der Waals surface area contributed by atoms with Crippen LogP contribution >= 0.6 is 23.2 Å². The van der Waals surface area contributed by atoms with Gasteiger partial charge in [-0.3, -0.25) is 4.79 Å². The molecule has 0 aliphatic rings. The number of rotatable bonds is 5. The van der Waals surface area contributed by atoms with E-state index in [9.17, 15) is 4.79 Å². The van der Waals surface area contributed by atoms with Crippen LogP contribution in [0, 0.1) is 0 Å². The predicted molar refractivity (Wildman–Crippen MR) is 80.1 cm³/mol. The molecule has 0 saturated heterocycles. The summed E-state index contributed by atoms with van der Waals surface area (Å²) < 4.78 is 5.14. The fraction of sp³-hybridized carbons (Fsp3) is 0.214. The number of furan rings is 1. The normalized spacial score (nSPS) is 11.9. The minimum atomic E-state index is -0.444. The van der Waals surface area contributed by atoms with Gasteiger partial charge in [-0.15, -0.1) is 0 Å². The van der Waals surface area contributed by atoms with Gasteiger partial charge in [-0.1, -0.05) is 29.3 Å². The molecule has 1 aromatic heterocycles. The summed E-state index contributed by atoms with van der Waals surface area (Å²) >= 11 is 12.0. The van der Waals surface area contributed by atoms with Crippen LogP contribution in [0.4, 0.5) is 5.69 Å². The number of hydrogen-bond acceptors (Lipinski definition) is 3. The smallest absolute Gasteiger partial charge is 0.242 e. The Balaban J connectivity index is 1.92. The molecular weight excluding hydrogens is 299 g/mol. The van der Waals surface area contributed by atoms with E-state index in [4.69, 9.17) is 27.6 Å². The Morgan fingerprint density at radius 2 is 2.10 bits per heavy atom. The first-order chi connectivity index (χ1) is 9.58. The molecule has 2 rings (SSSR count). The highest BCUT2D eigenvalue weighted by molar-refractivity contribution is 6.43. The standard InChI is InChI=1S/C14H14Cl2N2O2/c1-9(14(19)17-8-10-4-3-7-20-10)18-12-6-2-5-11(15)13(12)16/h2-7,9,18H,8H2,1H3,(H,17,19). The molecule has 4 nitrogen and oxygen atoms in total. The number of anilines is 1. The van der Waals surface area contributed by atoms with Crippen LogP contribution in [-0.4, -0.2) is 11.9 Å². The number of nitrogens with one attached hydrogen (secondary N) is 2. The summed E-state index contributed by atoms with van der Waals surface area (Å²) in [6, 6.07) is 8.35. The fourth-order valence-corrected chi connectivity index (χ4v) is 2.01. The lowest BCUT2D eigenvalue weighted by atomic mass is 10.2. The molecule has 0 aliphatic heterocycles. The quantitative estimate of drug-likeness (QED) is 0.885. The van der Waals surface area contributed by atoms with Gasteiger partial charge in [0.25, 0.3) is 0 Å². The van der Waals surface area contributed by atoms with E-state index in [1.54, 1.807) is 43.5 Å². The molecule has 20 heavy (non-hydrogen) atoms. The van der Waals surface area contributed by atoms with Crippen LogP contribution < -0.4 is 10.6 Å². The Hall–Kier alpha value is -1.65. The lowest BCUT2D eigenvalue weighted by Gasteiger charge is -2.16. The fourth-order valence-electron chi connectivity index (χ4n) is 1.65. The molecule has 0 saturated carbocycles. The van der Waals surface area contributed by atoms with Crippen molar-refractivity contribution in [2.75, 3.05) is 5.32 Å². The van der Waals surface area contributed by atoms with Gasteiger partial charge in [0.05, 0.1) is 28.5 Å². The largest absolute Gasteiger partial charge is 0.467 e.